The number of alkyl halides is 3. The van der Waals surface area contributed by atoms with Gasteiger partial charge < -0.3 is 0 Å². The van der Waals surface area contributed by atoms with Crippen molar-refractivity contribution in [3.8, 4) is 0 Å². The van der Waals surface area contributed by atoms with Crippen molar-refractivity contribution in [3.63, 3.8) is 0 Å². The van der Waals surface area contributed by atoms with Crippen LogP contribution in [0, 0.1) is 5.82 Å². The van der Waals surface area contributed by atoms with Gasteiger partial charge in [-0.2, -0.15) is 13.2 Å². The highest BCUT2D eigenvalue weighted by Crippen LogP contribution is 2.37. The minimum atomic E-state index is -4.54. The summed E-state index contributed by atoms with van der Waals surface area (Å²) in [5.41, 5.74) is 1.70. The summed E-state index contributed by atoms with van der Waals surface area (Å²) in [5.74, 6) is 4.89. The monoisotopic (exact) mass is 363 g/mol. The van der Waals surface area contributed by atoms with Crippen LogP contribution in [0.1, 0.15) is 22.7 Å². The predicted octanol–water partition coefficient (Wildman–Crippen LogP) is 3.55. The van der Waals surface area contributed by atoms with Crippen molar-refractivity contribution in [1.29, 1.82) is 0 Å². The van der Waals surface area contributed by atoms with Crippen LogP contribution >= 0.6 is 15.9 Å². The molecule has 0 saturated carbocycles. The molecule has 0 fully saturated rings. The lowest BCUT2D eigenvalue weighted by Gasteiger charge is -2.22. The number of aromatic nitrogens is 1. The number of hydrogen-bond acceptors (Lipinski definition) is 3. The third-order valence-electron chi connectivity index (χ3n) is 2.91. The molecule has 1 heterocycles. The highest BCUT2D eigenvalue weighted by Gasteiger charge is 2.35. The summed E-state index contributed by atoms with van der Waals surface area (Å²) in [5, 5.41) is 0. The van der Waals surface area contributed by atoms with E-state index >= 15 is 0 Å². The fourth-order valence-electron chi connectivity index (χ4n) is 1.98. The number of benzene rings is 1. The Morgan fingerprint density at radius 1 is 1.19 bits per heavy atom. The van der Waals surface area contributed by atoms with E-state index in [0.717, 1.165) is 30.6 Å². The molecule has 8 heteroatoms. The van der Waals surface area contributed by atoms with Gasteiger partial charge >= 0.3 is 6.18 Å². The molecule has 0 aliphatic carbocycles. The molecule has 0 saturated heterocycles. The van der Waals surface area contributed by atoms with Crippen molar-refractivity contribution in [2.45, 2.75) is 12.2 Å². The average Bonchev–Trinajstić information content (AvgIpc) is 2.41. The van der Waals surface area contributed by atoms with Gasteiger partial charge in [-0.25, -0.2) is 9.82 Å². The molecule has 0 spiro atoms. The maximum Gasteiger partial charge on any atom is 0.416 e. The summed E-state index contributed by atoms with van der Waals surface area (Å²) in [6.07, 6.45) is -2.40. The highest BCUT2D eigenvalue weighted by atomic mass is 79.9. The Morgan fingerprint density at radius 2 is 1.90 bits per heavy atom. The van der Waals surface area contributed by atoms with Crippen LogP contribution < -0.4 is 11.3 Å². The van der Waals surface area contributed by atoms with E-state index in [-0.39, 0.29) is 5.56 Å². The third kappa shape index (κ3) is 3.39. The van der Waals surface area contributed by atoms with Gasteiger partial charge in [0.05, 0.1) is 11.6 Å². The molecule has 1 aromatic heterocycles. The molecule has 0 amide bonds. The summed E-state index contributed by atoms with van der Waals surface area (Å²) in [6.45, 7) is 0. The van der Waals surface area contributed by atoms with Gasteiger partial charge in [-0.15, -0.1) is 0 Å². The fourth-order valence-corrected chi connectivity index (χ4v) is 2.56. The zero-order valence-electron chi connectivity index (χ0n) is 10.5. The Kier molecular flexibility index (Phi) is 4.60. The van der Waals surface area contributed by atoms with Crippen LogP contribution in [0.5, 0.6) is 0 Å². The topological polar surface area (TPSA) is 50.9 Å². The molecule has 1 aromatic carbocycles. The van der Waals surface area contributed by atoms with Crippen LogP contribution in [0.2, 0.25) is 0 Å². The quantitative estimate of drug-likeness (QED) is 0.498. The molecule has 21 heavy (non-hydrogen) atoms. The highest BCUT2D eigenvalue weighted by molar-refractivity contribution is 9.10. The molecule has 1 atom stereocenters. The van der Waals surface area contributed by atoms with Crippen LogP contribution in [0.15, 0.2) is 41.1 Å². The smallest absolute Gasteiger partial charge is 0.271 e. The van der Waals surface area contributed by atoms with Gasteiger partial charge in [0, 0.05) is 22.4 Å². The second-order valence-electron chi connectivity index (χ2n) is 4.23. The molecule has 2 aromatic rings. The lowest BCUT2D eigenvalue weighted by molar-refractivity contribution is -0.138. The minimum Gasteiger partial charge on any atom is -0.271 e. The summed E-state index contributed by atoms with van der Waals surface area (Å²) in [6, 6.07) is 3.55. The second-order valence-corrected chi connectivity index (χ2v) is 5.08. The van der Waals surface area contributed by atoms with Crippen molar-refractivity contribution >= 4 is 15.9 Å². The lowest BCUT2D eigenvalue weighted by Crippen LogP contribution is -2.31. The van der Waals surface area contributed by atoms with E-state index in [1.54, 1.807) is 0 Å². The van der Waals surface area contributed by atoms with E-state index in [1.807, 2.05) is 0 Å². The van der Waals surface area contributed by atoms with Crippen molar-refractivity contribution in [2.24, 2.45) is 5.84 Å². The van der Waals surface area contributed by atoms with Gasteiger partial charge in [0.2, 0.25) is 0 Å². The van der Waals surface area contributed by atoms with Gasteiger partial charge in [0.25, 0.3) is 0 Å². The molecular weight excluding hydrogens is 354 g/mol. The zero-order valence-corrected chi connectivity index (χ0v) is 12.0. The summed E-state index contributed by atoms with van der Waals surface area (Å²) < 4.78 is 52.6. The van der Waals surface area contributed by atoms with Crippen LogP contribution in [0.25, 0.3) is 0 Å². The van der Waals surface area contributed by atoms with E-state index < -0.39 is 23.6 Å². The molecule has 112 valence electrons. The number of hydrogen-bond donors (Lipinski definition) is 2. The van der Waals surface area contributed by atoms with E-state index in [9.17, 15) is 17.6 Å². The maximum atomic E-state index is 13.1. The summed E-state index contributed by atoms with van der Waals surface area (Å²) in [4.78, 5) is 3.72. The average molecular weight is 364 g/mol. The van der Waals surface area contributed by atoms with E-state index in [2.05, 4.69) is 26.3 Å². The van der Waals surface area contributed by atoms with Crippen LogP contribution in [0.4, 0.5) is 17.6 Å². The maximum absolute atomic E-state index is 13.1. The van der Waals surface area contributed by atoms with E-state index in [0.29, 0.717) is 10.0 Å². The van der Waals surface area contributed by atoms with Gasteiger partial charge in [0.15, 0.2) is 0 Å². The summed E-state index contributed by atoms with van der Waals surface area (Å²) >= 11 is 3.12. The first kappa shape index (κ1) is 15.9. The number of hydrazine groups is 1. The largest absolute Gasteiger partial charge is 0.416 e. The van der Waals surface area contributed by atoms with E-state index in [4.69, 9.17) is 5.84 Å². The normalized spacial score (nSPS) is 13.2. The fraction of sp³-hybridized carbons (Fsp3) is 0.154. The lowest BCUT2D eigenvalue weighted by atomic mass is 9.96. The first-order valence-electron chi connectivity index (χ1n) is 5.76. The molecule has 3 nitrogen and oxygen atoms in total. The van der Waals surface area contributed by atoms with Crippen molar-refractivity contribution < 1.29 is 17.6 Å². The second kappa shape index (κ2) is 6.08. The first-order valence-corrected chi connectivity index (χ1v) is 6.56. The number of nitrogens with zero attached hydrogens (tertiary/aromatic N) is 1. The number of rotatable bonds is 3. The Bertz CT molecular complexity index is 646. The molecule has 0 radical (unpaired) electrons. The Hall–Kier alpha value is -1.51. The number of pyridine rings is 1. The Labute approximate surface area is 126 Å². The molecule has 0 bridgehead atoms. The molecule has 2 rings (SSSR count). The molecular formula is C13H10BrF4N3. The minimum absolute atomic E-state index is 0.139. The van der Waals surface area contributed by atoms with Gasteiger partial charge in [-0.3, -0.25) is 10.8 Å². The van der Waals surface area contributed by atoms with Gasteiger partial charge in [-0.05, 0) is 23.8 Å². The molecule has 3 N–H and O–H groups in total. The third-order valence-corrected chi connectivity index (χ3v) is 3.60. The Morgan fingerprint density at radius 3 is 2.48 bits per heavy atom. The molecule has 0 aliphatic heterocycles. The number of halogens is 5. The van der Waals surface area contributed by atoms with Gasteiger partial charge in [-0.1, -0.05) is 22.0 Å². The zero-order chi connectivity index (χ0) is 15.6. The SMILES string of the molecule is NNC(c1ccc(F)cc1Br)c1cnccc1C(F)(F)F. The van der Waals surface area contributed by atoms with Crippen LogP contribution in [0.3, 0.4) is 0 Å². The first-order chi connectivity index (χ1) is 9.84. The van der Waals surface area contributed by atoms with E-state index in [1.165, 1.54) is 6.07 Å². The van der Waals surface area contributed by atoms with Crippen LogP contribution in [-0.4, -0.2) is 4.98 Å². The van der Waals surface area contributed by atoms with Crippen LogP contribution in [-0.2, 0) is 6.18 Å². The number of nitrogens with two attached hydrogens (primary N) is 1. The van der Waals surface area contributed by atoms with Crippen molar-refractivity contribution in [3.05, 3.63) is 63.6 Å². The Balaban J connectivity index is 2.57. The number of nitrogens with one attached hydrogen (secondary N) is 1. The van der Waals surface area contributed by atoms with Crippen molar-refractivity contribution in [1.82, 2.24) is 10.4 Å². The summed E-state index contributed by atoms with van der Waals surface area (Å²) in [7, 11) is 0. The van der Waals surface area contributed by atoms with Crippen molar-refractivity contribution in [2.75, 3.05) is 0 Å². The van der Waals surface area contributed by atoms with Gasteiger partial charge in [0.1, 0.15) is 5.82 Å². The molecule has 1 unspecified atom stereocenters. The molecule has 0 aliphatic rings. The predicted molar refractivity (Wildman–Crippen MR) is 72.5 cm³/mol. The standard InChI is InChI=1S/C13H10BrF4N3/c14-11-5-7(15)1-2-8(11)12(21-19)9-6-20-4-3-10(9)13(16,17)18/h1-6,12,21H,19H2.